The zero-order valence-electron chi connectivity index (χ0n) is 19.0. The van der Waals surface area contributed by atoms with Crippen molar-refractivity contribution in [3.8, 4) is 5.75 Å². The number of nitrogens with zero attached hydrogens (tertiary/aromatic N) is 2. The summed E-state index contributed by atoms with van der Waals surface area (Å²) in [4.78, 5) is 31.9. The summed E-state index contributed by atoms with van der Waals surface area (Å²) in [5.41, 5.74) is 0.779. The van der Waals surface area contributed by atoms with Gasteiger partial charge in [0.2, 0.25) is 5.91 Å². The smallest absolute Gasteiger partial charge is 0.416 e. The summed E-state index contributed by atoms with van der Waals surface area (Å²) in [6.45, 7) is 0.437. The van der Waals surface area contributed by atoms with Gasteiger partial charge in [0.05, 0.1) is 18.6 Å². The van der Waals surface area contributed by atoms with Crippen LogP contribution >= 0.6 is 0 Å². The number of pyridine rings is 1. The molecule has 0 spiro atoms. The van der Waals surface area contributed by atoms with Crippen LogP contribution in [0, 0.1) is 5.92 Å². The molecule has 4 rings (SSSR count). The van der Waals surface area contributed by atoms with Crippen LogP contribution in [0.25, 0.3) is 0 Å². The van der Waals surface area contributed by atoms with E-state index < -0.39 is 23.6 Å². The Bertz CT molecular complexity index is 1180. The fourth-order valence-corrected chi connectivity index (χ4v) is 4.26. The molecule has 2 heterocycles. The molecule has 1 aliphatic heterocycles. The van der Waals surface area contributed by atoms with Crippen molar-refractivity contribution in [2.75, 3.05) is 20.2 Å². The van der Waals surface area contributed by atoms with E-state index in [4.69, 9.17) is 4.74 Å². The number of hydrogen-bond donors (Lipinski definition) is 1. The van der Waals surface area contributed by atoms with Gasteiger partial charge in [0.1, 0.15) is 5.75 Å². The lowest BCUT2D eigenvalue weighted by atomic mass is 9.87. The van der Waals surface area contributed by atoms with E-state index in [1.165, 1.54) is 18.1 Å². The van der Waals surface area contributed by atoms with E-state index in [0.29, 0.717) is 16.9 Å². The lowest BCUT2D eigenvalue weighted by molar-refractivity contribution is -0.137. The highest BCUT2D eigenvalue weighted by atomic mass is 19.4. The Morgan fingerprint density at radius 3 is 2.51 bits per heavy atom. The van der Waals surface area contributed by atoms with Crippen LogP contribution in [0.3, 0.4) is 0 Å². The highest BCUT2D eigenvalue weighted by Gasteiger charge is 2.41. The molecule has 2 amide bonds. The fraction of sp³-hybridized carbons (Fsp3) is 0.269. The van der Waals surface area contributed by atoms with Gasteiger partial charge in [0.25, 0.3) is 5.91 Å². The third kappa shape index (κ3) is 5.62. The molecule has 0 saturated carbocycles. The summed E-state index contributed by atoms with van der Waals surface area (Å²) in [6.07, 6.45) is -1.27. The second-order valence-electron chi connectivity index (χ2n) is 8.35. The van der Waals surface area contributed by atoms with Gasteiger partial charge in [-0.25, -0.2) is 0 Å². The second-order valence-corrected chi connectivity index (χ2v) is 8.35. The summed E-state index contributed by atoms with van der Waals surface area (Å²) in [5, 5.41) is 2.84. The number of aromatic nitrogens is 1. The molecule has 0 bridgehead atoms. The topological polar surface area (TPSA) is 71.5 Å². The highest BCUT2D eigenvalue weighted by Crippen LogP contribution is 2.37. The number of amides is 2. The minimum Gasteiger partial charge on any atom is -0.497 e. The first-order chi connectivity index (χ1) is 16.8. The van der Waals surface area contributed by atoms with Crippen LogP contribution in [0.4, 0.5) is 13.2 Å². The molecule has 9 heteroatoms. The number of ether oxygens (including phenoxy) is 1. The van der Waals surface area contributed by atoms with Crippen LogP contribution in [0.2, 0.25) is 0 Å². The molecule has 1 aliphatic rings. The van der Waals surface area contributed by atoms with Crippen LogP contribution in [0.1, 0.15) is 33.0 Å². The molecule has 1 N–H and O–H groups in total. The first kappa shape index (κ1) is 24.3. The number of nitrogens with one attached hydrogen (secondary N) is 1. The molecule has 1 saturated heterocycles. The number of methoxy groups -OCH3 is 1. The van der Waals surface area contributed by atoms with Crippen molar-refractivity contribution in [2.45, 2.75) is 18.6 Å². The predicted octanol–water partition coefficient (Wildman–Crippen LogP) is 4.28. The number of rotatable bonds is 6. The van der Waals surface area contributed by atoms with Crippen molar-refractivity contribution >= 4 is 11.8 Å². The van der Waals surface area contributed by atoms with Crippen LogP contribution in [-0.2, 0) is 17.5 Å². The molecule has 1 aromatic heterocycles. The maximum Gasteiger partial charge on any atom is 0.416 e. The van der Waals surface area contributed by atoms with Gasteiger partial charge in [-0.3, -0.25) is 14.6 Å². The van der Waals surface area contributed by atoms with Crippen molar-refractivity contribution in [2.24, 2.45) is 5.92 Å². The molecule has 182 valence electrons. The standard InChI is InChI=1S/C26H24F3N3O3/c1-35-21-9-7-18(8-10-21)25(34)32-15-22(19-5-2-6-20(12-19)26(27,28)29)23(16-32)24(33)31-14-17-4-3-11-30-13-17/h2-13,22-23H,14-16H2,1H3,(H,31,33)/t22-,23+/m1/s1. The van der Waals surface area contributed by atoms with Gasteiger partial charge in [-0.1, -0.05) is 24.3 Å². The van der Waals surface area contributed by atoms with E-state index in [-0.39, 0.29) is 31.4 Å². The number of likely N-dealkylation sites (tertiary alicyclic amines) is 1. The lowest BCUT2D eigenvalue weighted by Gasteiger charge is -2.19. The van der Waals surface area contributed by atoms with Crippen LogP contribution in [0.15, 0.2) is 73.1 Å². The predicted molar refractivity (Wildman–Crippen MR) is 123 cm³/mol. The summed E-state index contributed by atoms with van der Waals surface area (Å²) in [7, 11) is 1.52. The van der Waals surface area contributed by atoms with Gasteiger partial charge in [0.15, 0.2) is 0 Å². The zero-order valence-corrected chi connectivity index (χ0v) is 19.0. The molecule has 0 aliphatic carbocycles. The Kier molecular flexibility index (Phi) is 7.04. The van der Waals surface area contributed by atoms with Gasteiger partial charge >= 0.3 is 6.18 Å². The van der Waals surface area contributed by atoms with Crippen molar-refractivity contribution in [3.05, 3.63) is 95.3 Å². The third-order valence-electron chi connectivity index (χ3n) is 6.11. The van der Waals surface area contributed by atoms with E-state index in [2.05, 4.69) is 10.3 Å². The first-order valence-corrected chi connectivity index (χ1v) is 11.0. The van der Waals surface area contributed by atoms with E-state index in [0.717, 1.165) is 17.7 Å². The van der Waals surface area contributed by atoms with E-state index in [1.807, 2.05) is 6.07 Å². The van der Waals surface area contributed by atoms with Gasteiger partial charge in [-0.05, 0) is 47.5 Å². The van der Waals surface area contributed by atoms with Crippen molar-refractivity contribution < 1.29 is 27.5 Å². The van der Waals surface area contributed by atoms with Gasteiger partial charge in [0, 0.05) is 43.5 Å². The lowest BCUT2D eigenvalue weighted by Crippen LogP contribution is -2.35. The number of halogens is 3. The van der Waals surface area contributed by atoms with E-state index in [9.17, 15) is 22.8 Å². The van der Waals surface area contributed by atoms with Crippen LogP contribution in [-0.4, -0.2) is 41.9 Å². The highest BCUT2D eigenvalue weighted by molar-refractivity contribution is 5.95. The maximum atomic E-state index is 13.3. The monoisotopic (exact) mass is 483 g/mol. The number of benzene rings is 2. The maximum absolute atomic E-state index is 13.3. The molecule has 2 aromatic carbocycles. The number of hydrogen-bond acceptors (Lipinski definition) is 4. The Balaban J connectivity index is 1.59. The van der Waals surface area contributed by atoms with Crippen molar-refractivity contribution in [1.29, 1.82) is 0 Å². The minimum absolute atomic E-state index is 0.0879. The normalized spacial score (nSPS) is 17.8. The van der Waals surface area contributed by atoms with Gasteiger partial charge < -0.3 is 15.0 Å². The van der Waals surface area contributed by atoms with E-state index >= 15 is 0 Å². The number of carbonyl (C=O) groups excluding carboxylic acids is 2. The number of carbonyl (C=O) groups is 2. The molecule has 1 fully saturated rings. The molecule has 2 atom stereocenters. The summed E-state index contributed by atoms with van der Waals surface area (Å²) in [6, 6.07) is 15.1. The molecule has 35 heavy (non-hydrogen) atoms. The summed E-state index contributed by atoms with van der Waals surface area (Å²) in [5.74, 6) is -1.34. The zero-order chi connectivity index (χ0) is 25.0. The second kappa shape index (κ2) is 10.2. The minimum atomic E-state index is -4.51. The third-order valence-corrected chi connectivity index (χ3v) is 6.11. The van der Waals surface area contributed by atoms with Crippen molar-refractivity contribution in [3.63, 3.8) is 0 Å². The molecule has 3 aromatic rings. The van der Waals surface area contributed by atoms with Crippen LogP contribution < -0.4 is 10.1 Å². The Morgan fingerprint density at radius 1 is 1.09 bits per heavy atom. The summed E-state index contributed by atoms with van der Waals surface area (Å²) < 4.78 is 45.2. The molecule has 6 nitrogen and oxygen atoms in total. The summed E-state index contributed by atoms with van der Waals surface area (Å²) >= 11 is 0. The Hall–Kier alpha value is -3.88. The molecular weight excluding hydrogens is 459 g/mol. The quantitative estimate of drug-likeness (QED) is 0.568. The molecule has 0 unspecified atom stereocenters. The Labute approximate surface area is 200 Å². The van der Waals surface area contributed by atoms with Crippen LogP contribution in [0.5, 0.6) is 5.75 Å². The largest absolute Gasteiger partial charge is 0.497 e. The van der Waals surface area contributed by atoms with Gasteiger partial charge in [-0.15, -0.1) is 0 Å². The molecular formula is C26H24F3N3O3. The van der Waals surface area contributed by atoms with Gasteiger partial charge in [-0.2, -0.15) is 13.2 Å². The fourth-order valence-electron chi connectivity index (χ4n) is 4.26. The Morgan fingerprint density at radius 2 is 1.86 bits per heavy atom. The number of alkyl halides is 3. The van der Waals surface area contributed by atoms with E-state index in [1.54, 1.807) is 48.8 Å². The first-order valence-electron chi connectivity index (χ1n) is 11.0. The average Bonchev–Trinajstić information content (AvgIpc) is 3.33. The average molecular weight is 483 g/mol. The van der Waals surface area contributed by atoms with Crippen molar-refractivity contribution in [1.82, 2.24) is 15.2 Å². The SMILES string of the molecule is COc1ccc(C(=O)N2C[C@H](C(=O)NCc3cccnc3)[C@@H](c3cccc(C(F)(F)F)c3)C2)cc1. The molecule has 0 radical (unpaired) electrons.